The van der Waals surface area contributed by atoms with Gasteiger partial charge in [-0.1, -0.05) is 53.0 Å². The van der Waals surface area contributed by atoms with Crippen molar-refractivity contribution in [3.05, 3.63) is 57.5 Å². The Morgan fingerprint density at radius 2 is 1.68 bits per heavy atom. The van der Waals surface area contributed by atoms with Crippen LogP contribution in [0.15, 0.2) is 42.5 Å². The summed E-state index contributed by atoms with van der Waals surface area (Å²) in [5.41, 5.74) is 0.609. The van der Waals surface area contributed by atoms with Gasteiger partial charge in [0.05, 0.1) is 27.6 Å². The summed E-state index contributed by atoms with van der Waals surface area (Å²) < 4.78 is 10.2. The van der Waals surface area contributed by atoms with Gasteiger partial charge in [0, 0.05) is 18.3 Å². The first-order chi connectivity index (χ1) is 13.4. The Morgan fingerprint density at radius 3 is 2.36 bits per heavy atom. The predicted molar refractivity (Wildman–Crippen MR) is 107 cm³/mol. The molecule has 1 amide bonds. The molecule has 0 saturated heterocycles. The van der Waals surface area contributed by atoms with Crippen molar-refractivity contribution in [1.29, 1.82) is 5.26 Å². The highest BCUT2D eigenvalue weighted by Crippen LogP contribution is 2.33. The molecule has 0 aliphatic heterocycles. The van der Waals surface area contributed by atoms with E-state index in [2.05, 4.69) is 0 Å². The maximum Gasteiger partial charge on any atom is 0.344 e. The number of benzene rings is 2. The van der Waals surface area contributed by atoms with Crippen LogP contribution < -0.4 is 9.64 Å². The van der Waals surface area contributed by atoms with Crippen LogP contribution in [0, 0.1) is 11.3 Å². The van der Waals surface area contributed by atoms with E-state index in [1.807, 2.05) is 12.1 Å². The SMILES string of the molecule is N#CCCN(C(=O)COC(=O)COc1cc(Cl)c(Cl)cc1Cl)c1ccccc1. The largest absolute Gasteiger partial charge is 0.480 e. The average molecular weight is 442 g/mol. The number of nitriles is 1. The Hall–Kier alpha value is -2.46. The van der Waals surface area contributed by atoms with Crippen molar-refractivity contribution in [2.24, 2.45) is 0 Å². The lowest BCUT2D eigenvalue weighted by Gasteiger charge is -2.21. The van der Waals surface area contributed by atoms with Crippen molar-refractivity contribution in [3.8, 4) is 11.8 Å². The summed E-state index contributed by atoms with van der Waals surface area (Å²) in [5, 5.41) is 9.44. The van der Waals surface area contributed by atoms with Crippen LogP contribution >= 0.6 is 34.8 Å². The fourth-order valence-corrected chi connectivity index (χ4v) is 2.77. The highest BCUT2D eigenvalue weighted by molar-refractivity contribution is 6.43. The van der Waals surface area contributed by atoms with E-state index in [0.717, 1.165) is 0 Å². The summed E-state index contributed by atoms with van der Waals surface area (Å²) in [5.74, 6) is -1.05. The van der Waals surface area contributed by atoms with Crippen molar-refractivity contribution in [2.75, 3.05) is 24.7 Å². The number of nitrogens with zero attached hydrogens (tertiary/aromatic N) is 2. The van der Waals surface area contributed by atoms with Gasteiger partial charge in [0.1, 0.15) is 5.75 Å². The van der Waals surface area contributed by atoms with Gasteiger partial charge in [0.2, 0.25) is 0 Å². The van der Waals surface area contributed by atoms with Crippen molar-refractivity contribution < 1.29 is 19.1 Å². The number of esters is 1. The molecule has 6 nitrogen and oxygen atoms in total. The first kappa shape index (κ1) is 21.8. The fourth-order valence-electron chi connectivity index (χ4n) is 2.18. The second-order valence-corrected chi connectivity index (χ2v) is 6.66. The number of hydrogen-bond donors (Lipinski definition) is 0. The molecule has 0 aromatic heterocycles. The molecule has 0 atom stereocenters. The van der Waals surface area contributed by atoms with Gasteiger partial charge in [-0.25, -0.2) is 4.79 Å². The lowest BCUT2D eigenvalue weighted by atomic mass is 10.2. The van der Waals surface area contributed by atoms with Gasteiger partial charge in [0.25, 0.3) is 5.91 Å². The van der Waals surface area contributed by atoms with Crippen molar-refractivity contribution >= 4 is 52.4 Å². The minimum atomic E-state index is -0.760. The second kappa shape index (κ2) is 10.8. The maximum absolute atomic E-state index is 12.4. The van der Waals surface area contributed by atoms with Crippen LogP contribution in [0.3, 0.4) is 0 Å². The van der Waals surface area contributed by atoms with E-state index in [-0.39, 0.29) is 33.8 Å². The van der Waals surface area contributed by atoms with Crippen LogP contribution in [0.1, 0.15) is 6.42 Å². The van der Waals surface area contributed by atoms with Crippen LogP contribution in [0.4, 0.5) is 5.69 Å². The van der Waals surface area contributed by atoms with Crippen LogP contribution in [0.25, 0.3) is 0 Å². The normalized spacial score (nSPS) is 10.1. The zero-order valence-electron chi connectivity index (χ0n) is 14.5. The van der Waals surface area contributed by atoms with E-state index < -0.39 is 25.1 Å². The molecule has 0 aliphatic rings. The fraction of sp³-hybridized carbons (Fsp3) is 0.211. The minimum absolute atomic E-state index is 0.146. The first-order valence-electron chi connectivity index (χ1n) is 8.07. The summed E-state index contributed by atoms with van der Waals surface area (Å²) >= 11 is 17.7. The number of para-hydroxylation sites is 1. The lowest BCUT2D eigenvalue weighted by molar-refractivity contribution is -0.149. The quantitative estimate of drug-likeness (QED) is 0.444. The molecule has 9 heteroatoms. The third-order valence-corrected chi connectivity index (χ3v) is 4.51. The molecular weight excluding hydrogens is 427 g/mol. The molecule has 2 rings (SSSR count). The smallest absolute Gasteiger partial charge is 0.344 e. The van der Waals surface area contributed by atoms with Crippen LogP contribution in [-0.2, 0) is 14.3 Å². The number of carbonyl (C=O) groups excluding carboxylic acids is 2. The second-order valence-electron chi connectivity index (χ2n) is 5.44. The number of hydrogen-bond acceptors (Lipinski definition) is 5. The Labute approximate surface area is 177 Å². The number of ether oxygens (including phenoxy) is 2. The molecule has 0 unspecified atom stereocenters. The summed E-state index contributed by atoms with van der Waals surface area (Å²) in [6.07, 6.45) is 0.146. The van der Waals surface area contributed by atoms with Crippen molar-refractivity contribution in [1.82, 2.24) is 0 Å². The molecule has 0 aliphatic carbocycles. The van der Waals surface area contributed by atoms with Crippen molar-refractivity contribution in [2.45, 2.75) is 6.42 Å². The third-order valence-electron chi connectivity index (χ3n) is 3.49. The first-order valence-corrected chi connectivity index (χ1v) is 9.21. The molecule has 28 heavy (non-hydrogen) atoms. The Balaban J connectivity index is 1.91. The average Bonchev–Trinajstić information content (AvgIpc) is 2.69. The third kappa shape index (κ3) is 6.31. The van der Waals surface area contributed by atoms with Gasteiger partial charge in [-0.3, -0.25) is 4.79 Å². The Morgan fingerprint density at radius 1 is 1.00 bits per heavy atom. The molecule has 2 aromatic rings. The molecule has 0 radical (unpaired) electrons. The summed E-state index contributed by atoms with van der Waals surface area (Å²) in [6, 6.07) is 13.6. The summed E-state index contributed by atoms with van der Waals surface area (Å²) in [6.45, 7) is -0.765. The standard InChI is InChI=1S/C19H15Cl3N2O4/c20-14-9-16(22)17(10-15(14)21)27-12-19(26)28-11-18(25)24(8-4-7-23)13-5-2-1-3-6-13/h1-3,5-6,9-10H,4,8,11-12H2. The molecule has 0 heterocycles. The molecule has 0 N–H and O–H groups in total. The van der Waals surface area contributed by atoms with Gasteiger partial charge in [-0.2, -0.15) is 5.26 Å². The van der Waals surface area contributed by atoms with E-state index in [0.29, 0.717) is 5.69 Å². The highest BCUT2D eigenvalue weighted by Gasteiger charge is 2.18. The molecule has 0 bridgehead atoms. The molecule has 0 spiro atoms. The number of rotatable bonds is 8. The van der Waals surface area contributed by atoms with Gasteiger partial charge in [-0.05, 0) is 18.2 Å². The van der Waals surface area contributed by atoms with Gasteiger partial charge < -0.3 is 14.4 Å². The Kier molecular flexibility index (Phi) is 8.40. The van der Waals surface area contributed by atoms with Crippen molar-refractivity contribution in [3.63, 3.8) is 0 Å². The zero-order valence-corrected chi connectivity index (χ0v) is 16.8. The maximum atomic E-state index is 12.4. The zero-order chi connectivity index (χ0) is 20.5. The molecular formula is C19H15Cl3N2O4. The highest BCUT2D eigenvalue weighted by atomic mass is 35.5. The van der Waals surface area contributed by atoms with E-state index in [4.69, 9.17) is 49.5 Å². The lowest BCUT2D eigenvalue weighted by Crippen LogP contribution is -2.36. The topological polar surface area (TPSA) is 79.6 Å². The van der Waals surface area contributed by atoms with Crippen LogP contribution in [0.2, 0.25) is 15.1 Å². The van der Waals surface area contributed by atoms with Gasteiger partial charge in [-0.15, -0.1) is 0 Å². The van der Waals surface area contributed by atoms with E-state index in [1.165, 1.54) is 17.0 Å². The number of halogens is 3. The molecule has 146 valence electrons. The molecule has 0 saturated carbocycles. The Bertz CT molecular complexity index is 885. The number of carbonyl (C=O) groups is 2. The summed E-state index contributed by atoms with van der Waals surface area (Å²) in [7, 11) is 0. The van der Waals surface area contributed by atoms with Crippen LogP contribution in [0.5, 0.6) is 5.75 Å². The molecule has 2 aromatic carbocycles. The summed E-state index contributed by atoms with van der Waals surface area (Å²) in [4.78, 5) is 25.7. The van der Waals surface area contributed by atoms with E-state index in [9.17, 15) is 9.59 Å². The van der Waals surface area contributed by atoms with Crippen LogP contribution in [-0.4, -0.2) is 31.6 Å². The van der Waals surface area contributed by atoms with Gasteiger partial charge >= 0.3 is 5.97 Å². The van der Waals surface area contributed by atoms with E-state index >= 15 is 0 Å². The van der Waals surface area contributed by atoms with Gasteiger partial charge in [0.15, 0.2) is 13.2 Å². The van der Waals surface area contributed by atoms with E-state index in [1.54, 1.807) is 24.3 Å². The molecule has 0 fully saturated rings. The number of anilines is 1. The monoisotopic (exact) mass is 440 g/mol. The predicted octanol–water partition coefficient (Wildman–Crippen LogP) is 4.52. The number of amides is 1. The minimum Gasteiger partial charge on any atom is -0.480 e.